The predicted molar refractivity (Wildman–Crippen MR) is 54.1 cm³/mol. The van der Waals surface area contributed by atoms with Crippen molar-refractivity contribution in [3.8, 4) is 0 Å². The van der Waals surface area contributed by atoms with Crippen LogP contribution in [0.1, 0.15) is 26.7 Å². The van der Waals surface area contributed by atoms with Gasteiger partial charge in [-0.2, -0.15) is 26.3 Å². The molecular weight excluding hydrogens is 303 g/mol. The summed E-state index contributed by atoms with van der Waals surface area (Å²) < 4.78 is 112. The lowest BCUT2D eigenvalue weighted by molar-refractivity contribution is -0.239. The van der Waals surface area contributed by atoms with Crippen LogP contribution in [0, 0.1) is 5.92 Å². The van der Waals surface area contributed by atoms with Gasteiger partial charge in [0.1, 0.15) is 0 Å². The van der Waals surface area contributed by atoms with E-state index in [1.54, 1.807) is 0 Å². The first-order valence-electron chi connectivity index (χ1n) is 5.42. The smallest absolute Gasteiger partial charge is 0.234 e. The van der Waals surface area contributed by atoms with Gasteiger partial charge >= 0.3 is 12.4 Å². The Bertz CT molecular complexity index is 307. The van der Waals surface area contributed by atoms with Crippen LogP contribution in [0.2, 0.25) is 0 Å². The van der Waals surface area contributed by atoms with E-state index in [2.05, 4.69) is 0 Å². The van der Waals surface area contributed by atoms with Gasteiger partial charge in [-0.15, -0.1) is 0 Å². The second-order valence-electron chi connectivity index (χ2n) is 4.88. The van der Waals surface area contributed by atoms with Crippen LogP contribution in [0.5, 0.6) is 0 Å². The molecule has 2 atom stereocenters. The molecule has 0 nitrogen and oxygen atoms in total. The third-order valence-electron chi connectivity index (χ3n) is 2.82. The van der Waals surface area contributed by atoms with Gasteiger partial charge in [0.2, 0.25) is 11.3 Å². The summed E-state index contributed by atoms with van der Waals surface area (Å²) in [6, 6.07) is 0. The number of hydrogen-bond donors (Lipinski definition) is 0. The van der Waals surface area contributed by atoms with Gasteiger partial charge < -0.3 is 0 Å². The summed E-state index contributed by atoms with van der Waals surface area (Å²) in [4.78, 5) is 0. The van der Waals surface area contributed by atoms with Crippen molar-refractivity contribution in [3.63, 3.8) is 0 Å². The van der Waals surface area contributed by atoms with E-state index in [1.807, 2.05) is 0 Å². The zero-order chi connectivity index (χ0) is 16.4. The number of hydrogen-bond acceptors (Lipinski definition) is 0. The van der Waals surface area contributed by atoms with Crippen LogP contribution < -0.4 is 0 Å². The molecular formula is C11H13F9. The molecule has 0 rings (SSSR count). The van der Waals surface area contributed by atoms with Gasteiger partial charge in [-0.05, 0) is 32.6 Å². The number of rotatable bonds is 5. The monoisotopic (exact) mass is 316 g/mol. The fourth-order valence-electron chi connectivity index (χ4n) is 1.53. The van der Waals surface area contributed by atoms with E-state index in [-0.39, 0.29) is 26.3 Å². The molecule has 0 aromatic heterocycles. The second-order valence-corrected chi connectivity index (χ2v) is 4.88. The van der Waals surface area contributed by atoms with Crippen LogP contribution in [0.4, 0.5) is 39.5 Å². The molecule has 120 valence electrons. The van der Waals surface area contributed by atoms with Crippen molar-refractivity contribution in [1.82, 2.24) is 0 Å². The first-order chi connectivity index (χ1) is 8.64. The van der Waals surface area contributed by atoms with Gasteiger partial charge in [0.05, 0.1) is 6.33 Å². The van der Waals surface area contributed by atoms with E-state index in [9.17, 15) is 39.5 Å². The lowest BCUT2D eigenvalue weighted by Gasteiger charge is -2.31. The molecule has 0 heterocycles. The van der Waals surface area contributed by atoms with Crippen molar-refractivity contribution in [2.45, 2.75) is 50.4 Å². The van der Waals surface area contributed by atoms with E-state index in [1.165, 1.54) is 0 Å². The molecule has 2 unspecified atom stereocenters. The number of halogens is 9. The predicted octanol–water partition coefficient (Wildman–Crippen LogP) is 5.45. The maximum Gasteiger partial charge on any atom is 0.422 e. The maximum atomic E-state index is 13.4. The average Bonchev–Trinajstić information content (AvgIpc) is 2.12. The molecule has 0 N–H and O–H groups in total. The molecule has 0 saturated carbocycles. The minimum absolute atomic E-state index is 0.106. The Balaban J connectivity index is 5.12. The lowest BCUT2D eigenvalue weighted by Crippen LogP contribution is -2.43. The Labute approximate surface area is 109 Å². The van der Waals surface area contributed by atoms with Crippen molar-refractivity contribution in [2.75, 3.05) is 0 Å². The topological polar surface area (TPSA) is 0 Å². The normalized spacial score (nSPS) is 21.6. The van der Waals surface area contributed by atoms with E-state index in [4.69, 9.17) is 0 Å². The molecule has 0 spiro atoms. The van der Waals surface area contributed by atoms with Crippen LogP contribution in [0.15, 0.2) is 12.4 Å². The number of allylic oxidation sites excluding steroid dienone is 1. The largest absolute Gasteiger partial charge is 0.422 e. The summed E-state index contributed by atoms with van der Waals surface area (Å²) >= 11 is 0. The zero-order valence-electron chi connectivity index (χ0n) is 10.5. The molecule has 0 saturated heterocycles. The highest BCUT2D eigenvalue weighted by molar-refractivity contribution is 4.97. The minimum Gasteiger partial charge on any atom is -0.234 e. The van der Waals surface area contributed by atoms with Crippen LogP contribution in [0.3, 0.4) is 0 Å². The molecule has 0 fully saturated rings. The van der Waals surface area contributed by atoms with Gasteiger partial charge in [-0.25, -0.2) is 13.2 Å². The molecule has 9 heteroatoms. The van der Waals surface area contributed by atoms with Crippen molar-refractivity contribution in [1.29, 1.82) is 0 Å². The highest BCUT2D eigenvalue weighted by Gasteiger charge is 2.56. The molecule has 0 aliphatic heterocycles. The van der Waals surface area contributed by atoms with Gasteiger partial charge in [-0.3, -0.25) is 0 Å². The first-order valence-corrected chi connectivity index (χ1v) is 5.42. The molecule has 0 bridgehead atoms. The minimum atomic E-state index is -5.35. The summed E-state index contributed by atoms with van der Waals surface area (Å²) in [5, 5.41) is 0. The fourth-order valence-corrected chi connectivity index (χ4v) is 1.53. The van der Waals surface area contributed by atoms with Crippen molar-refractivity contribution < 1.29 is 39.5 Å². The van der Waals surface area contributed by atoms with Gasteiger partial charge in [0.15, 0.2) is 0 Å². The average molecular weight is 316 g/mol. The van der Waals surface area contributed by atoms with E-state index in [0.717, 1.165) is 0 Å². The number of alkyl halides is 8. The Morgan fingerprint density at radius 1 is 0.750 bits per heavy atom. The SMILES string of the molecule is CC(F)(CC(C=CF)CC(C)(F)C(F)(F)F)C(F)(F)F. The Hall–Kier alpha value is -0.890. The van der Waals surface area contributed by atoms with Crippen LogP contribution in [-0.4, -0.2) is 23.7 Å². The summed E-state index contributed by atoms with van der Waals surface area (Å²) in [5.41, 5.74) is -7.70. The van der Waals surface area contributed by atoms with Crippen molar-refractivity contribution in [2.24, 2.45) is 5.92 Å². The van der Waals surface area contributed by atoms with Crippen molar-refractivity contribution in [3.05, 3.63) is 12.4 Å². The van der Waals surface area contributed by atoms with Crippen molar-refractivity contribution >= 4 is 0 Å². The molecule has 0 aliphatic rings. The molecule has 20 heavy (non-hydrogen) atoms. The Kier molecular flexibility index (Phi) is 5.59. The van der Waals surface area contributed by atoms with Crippen LogP contribution in [0.25, 0.3) is 0 Å². The van der Waals surface area contributed by atoms with Gasteiger partial charge in [0, 0.05) is 0 Å². The third kappa shape index (κ3) is 4.90. The molecule has 0 radical (unpaired) electrons. The van der Waals surface area contributed by atoms with E-state index >= 15 is 0 Å². The molecule has 0 aliphatic carbocycles. The summed E-state index contributed by atoms with van der Waals surface area (Å²) in [6.07, 6.45) is -13.8. The maximum absolute atomic E-state index is 13.4. The first kappa shape index (κ1) is 19.1. The molecule has 0 aromatic rings. The summed E-state index contributed by atoms with van der Waals surface area (Å²) in [7, 11) is 0. The van der Waals surface area contributed by atoms with Crippen LogP contribution >= 0.6 is 0 Å². The second kappa shape index (κ2) is 5.85. The molecule has 0 amide bonds. The lowest BCUT2D eigenvalue weighted by atomic mass is 9.85. The van der Waals surface area contributed by atoms with E-state index in [0.29, 0.717) is 0 Å². The van der Waals surface area contributed by atoms with E-state index < -0.39 is 42.4 Å². The quantitative estimate of drug-likeness (QED) is 0.592. The zero-order valence-corrected chi connectivity index (χ0v) is 10.5. The Morgan fingerprint density at radius 2 is 1.05 bits per heavy atom. The summed E-state index contributed by atoms with van der Waals surface area (Å²) in [6.45, 7) is 0.213. The fraction of sp³-hybridized carbons (Fsp3) is 0.818. The standard InChI is InChI=1S/C11H13F9/c1-8(13,10(15,16)17)5-7(3-4-12)6-9(2,14)11(18,19)20/h3-4,7H,5-6H2,1-2H3. The van der Waals surface area contributed by atoms with Crippen LogP contribution in [-0.2, 0) is 0 Å². The Morgan fingerprint density at radius 3 is 1.25 bits per heavy atom. The highest BCUT2D eigenvalue weighted by Crippen LogP contribution is 2.44. The summed E-state index contributed by atoms with van der Waals surface area (Å²) in [5.74, 6) is -1.90. The van der Waals surface area contributed by atoms with Gasteiger partial charge in [0.25, 0.3) is 0 Å². The third-order valence-corrected chi connectivity index (χ3v) is 2.82. The molecule has 0 aromatic carbocycles. The highest BCUT2D eigenvalue weighted by atomic mass is 19.4. The van der Waals surface area contributed by atoms with Gasteiger partial charge in [-0.1, -0.05) is 6.08 Å².